The molecule has 0 aliphatic heterocycles. The van der Waals surface area contributed by atoms with Gasteiger partial charge >= 0.3 is 0 Å². The average Bonchev–Trinajstić information content (AvgIpc) is 2.25. The first kappa shape index (κ1) is 11.9. The van der Waals surface area contributed by atoms with Crippen molar-refractivity contribution >= 4 is 17.4 Å². The minimum absolute atomic E-state index is 0.546. The molecular weight excluding hydrogens is 206 g/mol. The summed E-state index contributed by atoms with van der Waals surface area (Å²) in [5.74, 6) is 1.43. The Balaban J connectivity index is 2.46. The van der Waals surface area contributed by atoms with E-state index in [1.807, 2.05) is 12.1 Å². The van der Waals surface area contributed by atoms with Crippen LogP contribution in [0.1, 0.15) is 25.3 Å². The highest BCUT2D eigenvalue weighted by molar-refractivity contribution is 7.78. The quantitative estimate of drug-likeness (QED) is 0.432. The van der Waals surface area contributed by atoms with E-state index in [-0.39, 0.29) is 0 Å². The van der Waals surface area contributed by atoms with Crippen LogP contribution in [0.3, 0.4) is 0 Å². The predicted octanol–water partition coefficient (Wildman–Crippen LogP) is 3.29. The molecule has 0 saturated heterocycles. The zero-order valence-electron chi connectivity index (χ0n) is 9.06. The van der Waals surface area contributed by atoms with E-state index >= 15 is 0 Å². The highest BCUT2D eigenvalue weighted by Crippen LogP contribution is 2.18. The highest BCUT2D eigenvalue weighted by atomic mass is 32.1. The summed E-state index contributed by atoms with van der Waals surface area (Å²) >= 11 is 4.46. The van der Waals surface area contributed by atoms with Crippen molar-refractivity contribution in [1.29, 1.82) is 0 Å². The third kappa shape index (κ3) is 4.24. The maximum Gasteiger partial charge on any atom is 0.119 e. The molecule has 0 heterocycles. The van der Waals surface area contributed by atoms with Gasteiger partial charge in [0.15, 0.2) is 0 Å². The van der Waals surface area contributed by atoms with Gasteiger partial charge < -0.3 is 4.74 Å². The van der Waals surface area contributed by atoms with Gasteiger partial charge in [-0.3, -0.25) is 0 Å². The van der Waals surface area contributed by atoms with Crippen molar-refractivity contribution in [3.05, 3.63) is 29.8 Å². The van der Waals surface area contributed by atoms with Crippen LogP contribution in [0.4, 0.5) is 0 Å². The number of ether oxygens (including phenoxy) is 1. The van der Waals surface area contributed by atoms with E-state index < -0.39 is 0 Å². The van der Waals surface area contributed by atoms with Gasteiger partial charge in [-0.05, 0) is 35.8 Å². The summed E-state index contributed by atoms with van der Waals surface area (Å²) < 4.78 is 5.46. The fraction of sp³-hybridized carbons (Fsp3) is 0.417. The van der Waals surface area contributed by atoms with Gasteiger partial charge in [0.05, 0.1) is 11.7 Å². The Morgan fingerprint density at radius 3 is 2.53 bits per heavy atom. The molecule has 15 heavy (non-hydrogen) atoms. The van der Waals surface area contributed by atoms with Crippen molar-refractivity contribution in [2.75, 3.05) is 13.2 Å². The molecule has 0 saturated carbocycles. The summed E-state index contributed by atoms with van der Waals surface area (Å²) in [5.41, 5.74) is 1.32. The number of hydrogen-bond donors (Lipinski definition) is 0. The lowest BCUT2D eigenvalue weighted by Gasteiger charge is -2.07. The Bertz CT molecular complexity index is 339. The Kier molecular flexibility index (Phi) is 5.02. The SMILES string of the molecule is CC(C)c1ccc(OCCN=C=S)cc1. The third-order valence-electron chi connectivity index (χ3n) is 2.08. The summed E-state index contributed by atoms with van der Waals surface area (Å²) in [5, 5.41) is 2.31. The first-order valence-corrected chi connectivity index (χ1v) is 5.41. The summed E-state index contributed by atoms with van der Waals surface area (Å²) in [6.45, 7) is 5.45. The fourth-order valence-electron chi connectivity index (χ4n) is 1.20. The van der Waals surface area contributed by atoms with Crippen molar-refractivity contribution in [2.45, 2.75) is 19.8 Å². The Morgan fingerprint density at radius 2 is 2.00 bits per heavy atom. The molecule has 0 bridgehead atoms. The molecule has 0 radical (unpaired) electrons. The van der Waals surface area contributed by atoms with Crippen LogP contribution in [0.5, 0.6) is 5.75 Å². The number of thiocarbonyl (C=S) groups is 1. The molecule has 0 amide bonds. The standard InChI is InChI=1S/C12H15NOS/c1-10(2)11-3-5-12(6-4-11)14-8-7-13-9-15/h3-6,10H,7-8H2,1-2H3. The topological polar surface area (TPSA) is 21.6 Å². The molecule has 0 unspecified atom stereocenters. The van der Waals surface area contributed by atoms with Crippen molar-refractivity contribution in [1.82, 2.24) is 0 Å². The van der Waals surface area contributed by atoms with E-state index in [1.54, 1.807) is 0 Å². The Hall–Kier alpha value is -1.18. The van der Waals surface area contributed by atoms with E-state index in [0.717, 1.165) is 5.75 Å². The lowest BCUT2D eigenvalue weighted by Crippen LogP contribution is -2.00. The number of isothiocyanates is 1. The van der Waals surface area contributed by atoms with Crippen molar-refractivity contribution in [2.24, 2.45) is 4.99 Å². The Labute approximate surface area is 96.0 Å². The van der Waals surface area contributed by atoms with Crippen molar-refractivity contribution < 1.29 is 4.74 Å². The van der Waals surface area contributed by atoms with Gasteiger partial charge in [-0.25, -0.2) is 4.99 Å². The summed E-state index contributed by atoms with van der Waals surface area (Å²) in [6, 6.07) is 8.14. The number of nitrogens with zero attached hydrogens (tertiary/aromatic N) is 1. The molecule has 0 spiro atoms. The summed E-state index contributed by atoms with van der Waals surface area (Å²) in [6.07, 6.45) is 0. The average molecular weight is 221 g/mol. The zero-order valence-corrected chi connectivity index (χ0v) is 9.88. The molecule has 0 atom stereocenters. The van der Waals surface area contributed by atoms with Gasteiger partial charge in [0.1, 0.15) is 12.4 Å². The molecule has 0 aliphatic rings. The van der Waals surface area contributed by atoms with Crippen LogP contribution in [-0.4, -0.2) is 18.3 Å². The second-order valence-corrected chi connectivity index (χ2v) is 3.73. The molecule has 80 valence electrons. The van der Waals surface area contributed by atoms with E-state index in [4.69, 9.17) is 4.74 Å². The molecule has 2 nitrogen and oxygen atoms in total. The van der Waals surface area contributed by atoms with Crippen molar-refractivity contribution in [3.63, 3.8) is 0 Å². The van der Waals surface area contributed by atoms with Crippen molar-refractivity contribution in [3.8, 4) is 5.75 Å². The normalized spacial score (nSPS) is 9.80. The van der Waals surface area contributed by atoms with Gasteiger partial charge in [0.2, 0.25) is 0 Å². The molecule has 1 rings (SSSR count). The van der Waals surface area contributed by atoms with E-state index in [2.05, 4.69) is 48.4 Å². The molecule has 0 aromatic heterocycles. The van der Waals surface area contributed by atoms with Crippen LogP contribution >= 0.6 is 12.2 Å². The molecule has 1 aromatic carbocycles. The van der Waals surface area contributed by atoms with Crippen LogP contribution in [0.2, 0.25) is 0 Å². The largest absolute Gasteiger partial charge is 0.492 e. The molecule has 0 aliphatic carbocycles. The van der Waals surface area contributed by atoms with Crippen LogP contribution in [0.15, 0.2) is 29.3 Å². The zero-order chi connectivity index (χ0) is 11.1. The number of rotatable bonds is 5. The molecule has 0 N–H and O–H groups in total. The van der Waals surface area contributed by atoms with Gasteiger partial charge in [0.25, 0.3) is 0 Å². The molecular formula is C12H15NOS. The number of benzene rings is 1. The van der Waals surface area contributed by atoms with Crippen LogP contribution < -0.4 is 4.74 Å². The first-order valence-electron chi connectivity index (χ1n) is 5.00. The minimum Gasteiger partial charge on any atom is -0.492 e. The monoisotopic (exact) mass is 221 g/mol. The highest BCUT2D eigenvalue weighted by Gasteiger charge is 1.98. The van der Waals surface area contributed by atoms with E-state index in [1.165, 1.54) is 5.56 Å². The molecule has 1 aromatic rings. The number of aliphatic imine (C=N–C) groups is 1. The van der Waals surface area contributed by atoms with E-state index in [9.17, 15) is 0 Å². The predicted molar refractivity (Wildman–Crippen MR) is 65.9 cm³/mol. The second-order valence-electron chi connectivity index (χ2n) is 3.55. The van der Waals surface area contributed by atoms with Gasteiger partial charge in [-0.1, -0.05) is 26.0 Å². The second kappa shape index (κ2) is 6.33. The van der Waals surface area contributed by atoms with Gasteiger partial charge in [-0.15, -0.1) is 0 Å². The minimum atomic E-state index is 0.546. The maximum absolute atomic E-state index is 5.46. The lowest BCUT2D eigenvalue weighted by molar-refractivity contribution is 0.329. The first-order chi connectivity index (χ1) is 7.24. The van der Waals surface area contributed by atoms with Crippen LogP contribution in [0, 0.1) is 0 Å². The Morgan fingerprint density at radius 1 is 1.33 bits per heavy atom. The summed E-state index contributed by atoms with van der Waals surface area (Å²) in [4.78, 5) is 3.77. The van der Waals surface area contributed by atoms with Crippen LogP contribution in [-0.2, 0) is 0 Å². The fourth-order valence-corrected chi connectivity index (χ4v) is 1.30. The molecule has 0 fully saturated rings. The van der Waals surface area contributed by atoms with Gasteiger partial charge in [0, 0.05) is 0 Å². The van der Waals surface area contributed by atoms with E-state index in [0.29, 0.717) is 19.1 Å². The lowest BCUT2D eigenvalue weighted by atomic mass is 10.0. The third-order valence-corrected chi connectivity index (χ3v) is 2.21. The summed E-state index contributed by atoms with van der Waals surface area (Å²) in [7, 11) is 0. The smallest absolute Gasteiger partial charge is 0.119 e. The van der Waals surface area contributed by atoms with Gasteiger partial charge in [-0.2, -0.15) is 0 Å². The molecule has 3 heteroatoms. The maximum atomic E-state index is 5.46. The van der Waals surface area contributed by atoms with Crippen LogP contribution in [0.25, 0.3) is 0 Å². The number of hydrogen-bond acceptors (Lipinski definition) is 3.